The van der Waals surface area contributed by atoms with E-state index < -0.39 is 12.2 Å². The van der Waals surface area contributed by atoms with Gasteiger partial charge in [-0.05, 0) is 37.1 Å². The molecule has 0 aliphatic carbocycles. The van der Waals surface area contributed by atoms with E-state index in [9.17, 15) is 9.59 Å². The number of amides is 2. The molecule has 0 spiro atoms. The number of hydrogen-bond donors (Lipinski definition) is 1. The van der Waals surface area contributed by atoms with Crippen molar-refractivity contribution in [2.45, 2.75) is 38.9 Å². The molecule has 1 fully saturated rings. The summed E-state index contributed by atoms with van der Waals surface area (Å²) in [5.41, 5.74) is 0. The average Bonchev–Trinajstić information content (AvgIpc) is 2.87. The summed E-state index contributed by atoms with van der Waals surface area (Å²) in [6, 6.07) is 18.9. The summed E-state index contributed by atoms with van der Waals surface area (Å²) in [6.07, 6.45) is 0.265. The molecule has 0 unspecified atom stereocenters. The van der Waals surface area contributed by atoms with Gasteiger partial charge in [0, 0.05) is 39.3 Å². The van der Waals surface area contributed by atoms with Gasteiger partial charge in [0.1, 0.15) is 11.5 Å². The van der Waals surface area contributed by atoms with Gasteiger partial charge in [0.25, 0.3) is 11.8 Å². The zero-order valence-corrected chi connectivity index (χ0v) is 19.6. The number of carbonyl (C=O) groups excluding carboxylic acids is 2. The largest absolute Gasteiger partial charge is 0.481 e. The van der Waals surface area contributed by atoms with Crippen LogP contribution >= 0.6 is 0 Å². The van der Waals surface area contributed by atoms with Crippen LogP contribution in [0.1, 0.15) is 26.7 Å². The maximum absolute atomic E-state index is 12.9. The van der Waals surface area contributed by atoms with Gasteiger partial charge in [0.15, 0.2) is 12.2 Å². The quantitative estimate of drug-likeness (QED) is 0.567. The van der Waals surface area contributed by atoms with Crippen molar-refractivity contribution in [3.8, 4) is 11.5 Å². The lowest BCUT2D eigenvalue weighted by molar-refractivity contribution is -0.140. The molecule has 1 aliphatic rings. The second-order valence-electron chi connectivity index (χ2n) is 8.11. The molecule has 0 aromatic heterocycles. The first kappa shape index (κ1) is 24.6. The van der Waals surface area contributed by atoms with Crippen LogP contribution in [-0.2, 0) is 9.59 Å². The number of benzene rings is 2. The highest BCUT2D eigenvalue weighted by Crippen LogP contribution is 2.15. The van der Waals surface area contributed by atoms with Crippen molar-refractivity contribution < 1.29 is 19.1 Å². The van der Waals surface area contributed by atoms with Gasteiger partial charge in [0.05, 0.1) is 0 Å². The summed E-state index contributed by atoms with van der Waals surface area (Å²) in [7, 11) is 0. The molecule has 1 N–H and O–H groups in total. The lowest BCUT2D eigenvalue weighted by atomic mass is 10.2. The van der Waals surface area contributed by atoms with Gasteiger partial charge in [-0.1, -0.05) is 50.2 Å². The zero-order valence-electron chi connectivity index (χ0n) is 19.6. The standard InChI is InChI=1S/C26H35N3O4/c1-3-23(32-21-11-7-5-8-12-21)25(30)27-15-16-28-17-19-29(20-18-28)26(31)24(4-2)33-22-13-9-6-10-14-22/h5-14,23-24H,3-4,15-20H2,1-2H3,(H,27,30)/t23-,24+/m1/s1. The molecule has 33 heavy (non-hydrogen) atoms. The SMILES string of the molecule is CC[C@H](Oc1ccccc1)C(=O)N1CCN(CCNC(=O)[C@@H](CC)Oc2ccccc2)CC1. The number of nitrogens with one attached hydrogen (secondary N) is 1. The topological polar surface area (TPSA) is 71.1 Å². The summed E-state index contributed by atoms with van der Waals surface area (Å²) < 4.78 is 11.7. The van der Waals surface area contributed by atoms with Crippen molar-refractivity contribution >= 4 is 11.8 Å². The van der Waals surface area contributed by atoms with E-state index in [2.05, 4.69) is 10.2 Å². The summed E-state index contributed by atoms with van der Waals surface area (Å²) in [4.78, 5) is 29.6. The number of ether oxygens (including phenoxy) is 2. The van der Waals surface area contributed by atoms with Crippen LogP contribution in [0.2, 0.25) is 0 Å². The van der Waals surface area contributed by atoms with E-state index in [-0.39, 0.29) is 11.8 Å². The van der Waals surface area contributed by atoms with E-state index in [0.29, 0.717) is 44.0 Å². The van der Waals surface area contributed by atoms with Crippen LogP contribution in [0, 0.1) is 0 Å². The molecule has 178 valence electrons. The smallest absolute Gasteiger partial charge is 0.263 e. The second-order valence-corrected chi connectivity index (χ2v) is 8.11. The van der Waals surface area contributed by atoms with Crippen LogP contribution in [-0.4, -0.2) is 73.1 Å². The minimum Gasteiger partial charge on any atom is -0.481 e. The molecule has 1 heterocycles. The molecular weight excluding hydrogens is 418 g/mol. The average molecular weight is 454 g/mol. The van der Waals surface area contributed by atoms with E-state index in [1.54, 1.807) is 0 Å². The molecule has 2 amide bonds. The third-order valence-electron chi connectivity index (χ3n) is 5.76. The summed E-state index contributed by atoms with van der Waals surface area (Å²) in [6.45, 7) is 8.09. The Bertz CT molecular complexity index is 852. The molecule has 0 bridgehead atoms. The normalized spacial score (nSPS) is 16.0. The van der Waals surface area contributed by atoms with Gasteiger partial charge >= 0.3 is 0 Å². The van der Waals surface area contributed by atoms with E-state index in [0.717, 1.165) is 19.6 Å². The van der Waals surface area contributed by atoms with Gasteiger partial charge in [0.2, 0.25) is 0 Å². The van der Waals surface area contributed by atoms with Gasteiger partial charge in [-0.15, -0.1) is 0 Å². The second kappa shape index (κ2) is 12.8. The molecule has 1 saturated heterocycles. The van der Waals surface area contributed by atoms with E-state index in [1.807, 2.05) is 79.4 Å². The predicted molar refractivity (Wildman–Crippen MR) is 128 cm³/mol. The van der Waals surface area contributed by atoms with Crippen LogP contribution < -0.4 is 14.8 Å². The van der Waals surface area contributed by atoms with Crippen LogP contribution in [0.15, 0.2) is 60.7 Å². The Labute approximate surface area is 196 Å². The molecule has 1 aliphatic heterocycles. The van der Waals surface area contributed by atoms with Gasteiger partial charge < -0.3 is 19.7 Å². The van der Waals surface area contributed by atoms with Crippen molar-refractivity contribution in [1.29, 1.82) is 0 Å². The van der Waals surface area contributed by atoms with Crippen molar-refractivity contribution in [3.05, 3.63) is 60.7 Å². The van der Waals surface area contributed by atoms with E-state index >= 15 is 0 Å². The number of hydrogen-bond acceptors (Lipinski definition) is 5. The fraction of sp³-hybridized carbons (Fsp3) is 0.462. The molecule has 3 rings (SSSR count). The third-order valence-corrected chi connectivity index (χ3v) is 5.76. The van der Waals surface area contributed by atoms with Crippen LogP contribution in [0.25, 0.3) is 0 Å². The molecule has 2 aromatic carbocycles. The maximum Gasteiger partial charge on any atom is 0.263 e. The van der Waals surface area contributed by atoms with Crippen LogP contribution in [0.3, 0.4) is 0 Å². The summed E-state index contributed by atoms with van der Waals surface area (Å²) in [5.74, 6) is 1.35. The monoisotopic (exact) mass is 453 g/mol. The van der Waals surface area contributed by atoms with E-state index in [1.165, 1.54) is 0 Å². The lowest BCUT2D eigenvalue weighted by Gasteiger charge is -2.36. The van der Waals surface area contributed by atoms with Gasteiger partial charge in [-0.3, -0.25) is 14.5 Å². The Balaban J connectivity index is 1.38. The molecule has 0 saturated carbocycles. The minimum atomic E-state index is -0.502. The van der Waals surface area contributed by atoms with Crippen molar-refractivity contribution in [2.24, 2.45) is 0 Å². The fourth-order valence-corrected chi connectivity index (χ4v) is 3.80. The van der Waals surface area contributed by atoms with Crippen molar-refractivity contribution in [1.82, 2.24) is 15.1 Å². The summed E-state index contributed by atoms with van der Waals surface area (Å²) >= 11 is 0. The molecular formula is C26H35N3O4. The highest BCUT2D eigenvalue weighted by molar-refractivity contribution is 5.81. The summed E-state index contributed by atoms with van der Waals surface area (Å²) in [5, 5.41) is 2.98. The number of carbonyl (C=O) groups is 2. The van der Waals surface area contributed by atoms with Gasteiger partial charge in [-0.25, -0.2) is 0 Å². The Kier molecular flexibility index (Phi) is 9.57. The number of para-hydroxylation sites is 2. The first-order valence-electron chi connectivity index (χ1n) is 11.8. The molecule has 7 nitrogen and oxygen atoms in total. The first-order chi connectivity index (χ1) is 16.1. The van der Waals surface area contributed by atoms with Gasteiger partial charge in [-0.2, -0.15) is 0 Å². The number of nitrogens with zero attached hydrogens (tertiary/aromatic N) is 2. The predicted octanol–water partition coefficient (Wildman–Crippen LogP) is 2.96. The molecule has 2 atom stereocenters. The first-order valence-corrected chi connectivity index (χ1v) is 11.8. The lowest BCUT2D eigenvalue weighted by Crippen LogP contribution is -2.53. The minimum absolute atomic E-state index is 0.0400. The van der Waals surface area contributed by atoms with Crippen molar-refractivity contribution in [3.63, 3.8) is 0 Å². The molecule has 2 aromatic rings. The van der Waals surface area contributed by atoms with E-state index in [4.69, 9.17) is 9.47 Å². The molecule has 0 radical (unpaired) electrons. The van der Waals surface area contributed by atoms with Crippen LogP contribution in [0.4, 0.5) is 0 Å². The Hall–Kier alpha value is -3.06. The third kappa shape index (κ3) is 7.49. The molecule has 7 heteroatoms. The maximum atomic E-state index is 12.9. The Morgan fingerprint density at radius 2 is 1.33 bits per heavy atom. The Morgan fingerprint density at radius 3 is 1.85 bits per heavy atom. The van der Waals surface area contributed by atoms with Crippen LogP contribution in [0.5, 0.6) is 11.5 Å². The fourth-order valence-electron chi connectivity index (χ4n) is 3.80. The number of rotatable bonds is 11. The van der Waals surface area contributed by atoms with Crippen molar-refractivity contribution in [2.75, 3.05) is 39.3 Å². The number of piperazine rings is 1. The highest BCUT2D eigenvalue weighted by atomic mass is 16.5. The Morgan fingerprint density at radius 1 is 0.818 bits per heavy atom. The highest BCUT2D eigenvalue weighted by Gasteiger charge is 2.28. The zero-order chi connectivity index (χ0) is 23.5.